The fourth-order valence-electron chi connectivity index (χ4n) is 1.99. The number of likely N-dealkylation sites (N-methyl/N-ethyl adjacent to an activating group) is 1. The van der Waals surface area contributed by atoms with Crippen LogP contribution in [0.25, 0.3) is 0 Å². The van der Waals surface area contributed by atoms with Gasteiger partial charge in [-0.25, -0.2) is 4.39 Å². The highest BCUT2D eigenvalue weighted by molar-refractivity contribution is 5.94. The lowest BCUT2D eigenvalue weighted by Crippen LogP contribution is -2.36. The summed E-state index contributed by atoms with van der Waals surface area (Å²) in [6.45, 7) is 0.965. The molecule has 110 valence electrons. The van der Waals surface area contributed by atoms with Gasteiger partial charge in [0.05, 0.1) is 6.54 Å². The van der Waals surface area contributed by atoms with Crippen molar-refractivity contribution < 1.29 is 9.18 Å². The molecule has 2 aromatic rings. The van der Waals surface area contributed by atoms with E-state index in [1.165, 1.54) is 12.1 Å². The monoisotopic (exact) mass is 286 g/mol. The van der Waals surface area contributed by atoms with Gasteiger partial charge in [0, 0.05) is 12.7 Å². The Labute approximate surface area is 124 Å². The second-order valence-electron chi connectivity index (χ2n) is 4.84. The average Bonchev–Trinajstić information content (AvgIpc) is 2.53. The molecule has 0 aliphatic heterocycles. The molecule has 0 unspecified atom stereocenters. The van der Waals surface area contributed by atoms with E-state index in [1.54, 1.807) is 24.1 Å². The van der Waals surface area contributed by atoms with Crippen molar-refractivity contribution in [3.8, 4) is 0 Å². The number of benzene rings is 2. The van der Waals surface area contributed by atoms with Crippen LogP contribution in [-0.2, 0) is 11.2 Å². The molecule has 0 atom stereocenters. The van der Waals surface area contributed by atoms with E-state index in [1.807, 2.05) is 30.3 Å². The highest BCUT2D eigenvalue weighted by Gasteiger charge is 2.09. The second-order valence-corrected chi connectivity index (χ2v) is 4.84. The molecule has 1 amide bonds. The Kier molecular flexibility index (Phi) is 5.46. The first-order chi connectivity index (χ1) is 10.2. The number of hydrogen-bond acceptors (Lipinski definition) is 2. The number of carbonyl (C=O) groups is 1. The quantitative estimate of drug-likeness (QED) is 0.828. The molecule has 0 aliphatic rings. The molecular weight excluding hydrogens is 267 g/mol. The van der Waals surface area contributed by atoms with Crippen LogP contribution in [0.3, 0.4) is 0 Å². The number of carbonyl (C=O) groups excluding carboxylic acids is 1. The summed E-state index contributed by atoms with van der Waals surface area (Å²) in [5, 5.41) is 3.11. The Bertz CT molecular complexity index is 569. The lowest BCUT2D eigenvalue weighted by molar-refractivity contribution is -0.117. The SMILES string of the molecule is CN(C(=O)CNCCc1ccc(F)cc1)c1ccccc1. The molecule has 4 heteroatoms. The summed E-state index contributed by atoms with van der Waals surface area (Å²) in [6.07, 6.45) is 0.766. The number of anilines is 1. The average molecular weight is 286 g/mol. The van der Waals surface area contributed by atoms with Crippen LogP contribution < -0.4 is 10.2 Å². The van der Waals surface area contributed by atoms with Crippen LogP contribution in [-0.4, -0.2) is 26.0 Å². The van der Waals surface area contributed by atoms with Crippen LogP contribution >= 0.6 is 0 Å². The van der Waals surface area contributed by atoms with Crippen LogP contribution in [0.15, 0.2) is 54.6 Å². The van der Waals surface area contributed by atoms with E-state index < -0.39 is 0 Å². The van der Waals surface area contributed by atoms with Crippen molar-refractivity contribution in [2.75, 3.05) is 25.0 Å². The van der Waals surface area contributed by atoms with Crippen molar-refractivity contribution in [2.45, 2.75) is 6.42 Å². The van der Waals surface area contributed by atoms with Crippen LogP contribution in [0, 0.1) is 5.82 Å². The van der Waals surface area contributed by atoms with Crippen molar-refractivity contribution in [1.29, 1.82) is 0 Å². The largest absolute Gasteiger partial charge is 0.314 e. The number of para-hydroxylation sites is 1. The van der Waals surface area contributed by atoms with Gasteiger partial charge in [0.25, 0.3) is 0 Å². The molecule has 0 spiro atoms. The molecule has 0 fully saturated rings. The minimum Gasteiger partial charge on any atom is -0.314 e. The Morgan fingerprint density at radius 3 is 2.43 bits per heavy atom. The molecular formula is C17H19FN2O. The predicted octanol–water partition coefficient (Wildman–Crippen LogP) is 2.62. The first-order valence-electron chi connectivity index (χ1n) is 6.93. The van der Waals surface area contributed by atoms with Gasteiger partial charge in [-0.3, -0.25) is 4.79 Å². The summed E-state index contributed by atoms with van der Waals surface area (Å²) >= 11 is 0. The zero-order chi connectivity index (χ0) is 15.1. The molecule has 0 bridgehead atoms. The highest BCUT2D eigenvalue weighted by Crippen LogP contribution is 2.10. The maximum absolute atomic E-state index is 12.8. The predicted molar refractivity (Wildman–Crippen MR) is 82.8 cm³/mol. The van der Waals surface area contributed by atoms with Gasteiger partial charge in [-0.05, 0) is 42.8 Å². The first-order valence-corrected chi connectivity index (χ1v) is 6.93. The van der Waals surface area contributed by atoms with Gasteiger partial charge >= 0.3 is 0 Å². The minimum absolute atomic E-state index is 0.0142. The van der Waals surface area contributed by atoms with E-state index in [-0.39, 0.29) is 18.3 Å². The zero-order valence-corrected chi connectivity index (χ0v) is 12.1. The summed E-state index contributed by atoms with van der Waals surface area (Å²) in [6, 6.07) is 15.9. The number of nitrogens with zero attached hydrogens (tertiary/aromatic N) is 1. The Hall–Kier alpha value is -2.20. The van der Waals surface area contributed by atoms with Gasteiger partial charge < -0.3 is 10.2 Å². The molecule has 0 saturated carbocycles. The van der Waals surface area contributed by atoms with Crippen molar-refractivity contribution in [2.24, 2.45) is 0 Å². The van der Waals surface area contributed by atoms with Crippen molar-refractivity contribution in [3.05, 3.63) is 66.0 Å². The molecule has 2 rings (SSSR count). The van der Waals surface area contributed by atoms with Gasteiger partial charge in [0.2, 0.25) is 5.91 Å². The number of halogens is 1. The Morgan fingerprint density at radius 1 is 1.10 bits per heavy atom. The van der Waals surface area contributed by atoms with Crippen LogP contribution in [0.5, 0.6) is 0 Å². The summed E-state index contributed by atoms with van der Waals surface area (Å²) in [5.41, 5.74) is 1.93. The first kappa shape index (κ1) is 15.2. The topological polar surface area (TPSA) is 32.3 Å². The molecule has 21 heavy (non-hydrogen) atoms. The number of amides is 1. The van der Waals surface area contributed by atoms with Crippen molar-refractivity contribution in [3.63, 3.8) is 0 Å². The summed E-state index contributed by atoms with van der Waals surface area (Å²) in [5.74, 6) is -0.216. The van der Waals surface area contributed by atoms with Crippen LogP contribution in [0.1, 0.15) is 5.56 Å². The molecule has 0 aromatic heterocycles. The lowest BCUT2D eigenvalue weighted by Gasteiger charge is -2.17. The van der Waals surface area contributed by atoms with Gasteiger partial charge in [0.15, 0.2) is 0 Å². The van der Waals surface area contributed by atoms with E-state index in [0.717, 1.165) is 17.7 Å². The van der Waals surface area contributed by atoms with E-state index in [0.29, 0.717) is 6.54 Å². The van der Waals surface area contributed by atoms with Gasteiger partial charge in [-0.2, -0.15) is 0 Å². The van der Waals surface area contributed by atoms with E-state index in [2.05, 4.69) is 5.32 Å². The molecule has 0 saturated heterocycles. The number of hydrogen-bond donors (Lipinski definition) is 1. The van der Waals surface area contributed by atoms with E-state index in [9.17, 15) is 9.18 Å². The molecule has 2 aromatic carbocycles. The third kappa shape index (κ3) is 4.68. The van der Waals surface area contributed by atoms with Gasteiger partial charge in [-0.1, -0.05) is 30.3 Å². The van der Waals surface area contributed by atoms with Gasteiger partial charge in [-0.15, -0.1) is 0 Å². The number of rotatable bonds is 6. The third-order valence-corrected chi connectivity index (χ3v) is 3.30. The molecule has 1 N–H and O–H groups in total. The number of nitrogens with one attached hydrogen (secondary N) is 1. The maximum atomic E-state index is 12.8. The van der Waals surface area contributed by atoms with Gasteiger partial charge in [0.1, 0.15) is 5.82 Å². The smallest absolute Gasteiger partial charge is 0.240 e. The van der Waals surface area contributed by atoms with Crippen LogP contribution in [0.4, 0.5) is 10.1 Å². The molecule has 0 aliphatic carbocycles. The molecule has 0 heterocycles. The van der Waals surface area contributed by atoms with E-state index >= 15 is 0 Å². The summed E-state index contributed by atoms with van der Waals surface area (Å²) in [7, 11) is 1.76. The van der Waals surface area contributed by atoms with Crippen molar-refractivity contribution >= 4 is 11.6 Å². The Balaban J connectivity index is 1.73. The molecule has 0 radical (unpaired) electrons. The minimum atomic E-state index is -0.230. The Morgan fingerprint density at radius 2 is 1.76 bits per heavy atom. The van der Waals surface area contributed by atoms with Crippen LogP contribution in [0.2, 0.25) is 0 Å². The molecule has 3 nitrogen and oxygen atoms in total. The van der Waals surface area contributed by atoms with Crippen molar-refractivity contribution in [1.82, 2.24) is 5.32 Å². The fourth-order valence-corrected chi connectivity index (χ4v) is 1.99. The standard InChI is InChI=1S/C17H19FN2O/c1-20(16-5-3-2-4-6-16)17(21)13-19-12-11-14-7-9-15(18)10-8-14/h2-10,19H,11-13H2,1H3. The summed E-state index contributed by atoms with van der Waals surface area (Å²) in [4.78, 5) is 13.6. The third-order valence-electron chi connectivity index (χ3n) is 3.30. The van der Waals surface area contributed by atoms with E-state index in [4.69, 9.17) is 0 Å². The normalized spacial score (nSPS) is 10.4. The lowest BCUT2D eigenvalue weighted by atomic mass is 10.1. The zero-order valence-electron chi connectivity index (χ0n) is 12.1. The second kappa shape index (κ2) is 7.55. The summed E-state index contributed by atoms with van der Waals surface area (Å²) < 4.78 is 12.8. The maximum Gasteiger partial charge on any atom is 0.240 e. The fraction of sp³-hybridized carbons (Fsp3) is 0.235. The highest BCUT2D eigenvalue weighted by atomic mass is 19.1.